The first-order chi connectivity index (χ1) is 7.39. The van der Waals surface area contributed by atoms with Gasteiger partial charge in [-0.05, 0) is 26.1 Å². The molecule has 7 heteroatoms. The molecule has 0 aromatic rings. The number of nitrogens with zero attached hydrogens (tertiary/aromatic N) is 1. The fourth-order valence-electron chi connectivity index (χ4n) is 1.70. The molecule has 16 heavy (non-hydrogen) atoms. The van der Waals surface area contributed by atoms with Crippen LogP contribution >= 0.6 is 23.8 Å². The lowest BCUT2D eigenvalue weighted by Crippen LogP contribution is -2.47. The second-order valence-corrected chi connectivity index (χ2v) is 6.92. The Bertz CT molecular complexity index is 355. The Morgan fingerprint density at radius 3 is 2.38 bits per heavy atom. The van der Waals surface area contributed by atoms with Crippen LogP contribution in [0.1, 0.15) is 13.8 Å². The maximum Gasteiger partial charge on any atom is 0.169 e. The van der Waals surface area contributed by atoms with Crippen LogP contribution in [0.15, 0.2) is 0 Å². The average molecular weight is 285 g/mol. The monoisotopic (exact) mass is 284 g/mol. The number of halogens is 1. The van der Waals surface area contributed by atoms with Crippen molar-refractivity contribution in [3.63, 3.8) is 0 Å². The maximum atomic E-state index is 11.4. The zero-order valence-electron chi connectivity index (χ0n) is 9.44. The van der Waals surface area contributed by atoms with E-state index in [1.807, 2.05) is 18.7 Å². The fraction of sp³-hybridized carbons (Fsp3) is 0.889. The van der Waals surface area contributed by atoms with Crippen molar-refractivity contribution in [3.8, 4) is 0 Å². The zero-order chi connectivity index (χ0) is 12.3. The number of alkyl halides is 1. The van der Waals surface area contributed by atoms with E-state index in [4.69, 9.17) is 23.8 Å². The van der Waals surface area contributed by atoms with Crippen LogP contribution in [0.3, 0.4) is 0 Å². The van der Waals surface area contributed by atoms with Gasteiger partial charge in [0.15, 0.2) is 14.9 Å². The van der Waals surface area contributed by atoms with E-state index in [0.29, 0.717) is 5.11 Å². The molecule has 0 spiro atoms. The minimum absolute atomic E-state index is 0.0348. The van der Waals surface area contributed by atoms with Crippen molar-refractivity contribution >= 4 is 38.8 Å². The second kappa shape index (κ2) is 5.51. The molecule has 0 saturated carbocycles. The molecule has 0 bridgehead atoms. The SMILES string of the molecule is CCN(CC)C(=S)N[C@H]1CS(=O)(=O)C[C@@H]1Cl. The molecule has 1 rings (SSSR count). The second-order valence-electron chi connectivity index (χ2n) is 3.82. The van der Waals surface area contributed by atoms with Gasteiger partial charge in [0, 0.05) is 13.1 Å². The molecule has 0 aromatic carbocycles. The van der Waals surface area contributed by atoms with Crippen molar-refractivity contribution < 1.29 is 8.42 Å². The maximum absolute atomic E-state index is 11.4. The number of rotatable bonds is 3. The standard InChI is InChI=1S/C9H17ClN2O2S2/c1-3-12(4-2)9(15)11-8-6-16(13,14)5-7(8)10/h7-8H,3-6H2,1-2H3,(H,11,15)/t7-,8-/m0/s1. The smallest absolute Gasteiger partial charge is 0.169 e. The fourth-order valence-corrected chi connectivity index (χ4v) is 4.66. The van der Waals surface area contributed by atoms with Gasteiger partial charge >= 0.3 is 0 Å². The van der Waals surface area contributed by atoms with Gasteiger partial charge in [-0.1, -0.05) is 0 Å². The van der Waals surface area contributed by atoms with Gasteiger partial charge in [-0.3, -0.25) is 0 Å². The number of hydrogen-bond acceptors (Lipinski definition) is 3. The first-order valence-corrected chi connectivity index (χ1v) is 7.96. The molecule has 1 aliphatic rings. The van der Waals surface area contributed by atoms with Crippen LogP contribution in [0.25, 0.3) is 0 Å². The van der Waals surface area contributed by atoms with Gasteiger partial charge in [0.1, 0.15) is 0 Å². The molecular weight excluding hydrogens is 268 g/mol. The van der Waals surface area contributed by atoms with E-state index in [1.54, 1.807) is 0 Å². The highest BCUT2D eigenvalue weighted by Crippen LogP contribution is 2.18. The summed E-state index contributed by atoms with van der Waals surface area (Å²) in [6.45, 7) is 5.60. The summed E-state index contributed by atoms with van der Waals surface area (Å²) in [5.41, 5.74) is 0. The molecule has 0 radical (unpaired) electrons. The molecule has 1 aliphatic heterocycles. The number of nitrogens with one attached hydrogen (secondary N) is 1. The van der Waals surface area contributed by atoms with Crippen molar-refractivity contribution in [2.45, 2.75) is 25.3 Å². The number of hydrogen-bond donors (Lipinski definition) is 1. The Balaban J connectivity index is 2.59. The average Bonchev–Trinajstić information content (AvgIpc) is 2.41. The lowest BCUT2D eigenvalue weighted by atomic mass is 10.2. The Morgan fingerprint density at radius 2 is 2.00 bits per heavy atom. The lowest BCUT2D eigenvalue weighted by molar-refractivity contribution is 0.447. The van der Waals surface area contributed by atoms with E-state index in [2.05, 4.69) is 5.32 Å². The number of thiocarbonyl (C=S) groups is 1. The van der Waals surface area contributed by atoms with Crippen molar-refractivity contribution in [3.05, 3.63) is 0 Å². The molecular formula is C9H17ClN2O2S2. The predicted molar refractivity (Wildman–Crippen MR) is 70.7 cm³/mol. The van der Waals surface area contributed by atoms with Crippen molar-refractivity contribution in [2.24, 2.45) is 0 Å². The van der Waals surface area contributed by atoms with Crippen LogP contribution < -0.4 is 5.32 Å². The van der Waals surface area contributed by atoms with E-state index in [0.717, 1.165) is 13.1 Å². The summed E-state index contributed by atoms with van der Waals surface area (Å²) in [5.74, 6) is 0.107. The normalized spacial score (nSPS) is 27.7. The molecule has 0 aliphatic carbocycles. The third kappa shape index (κ3) is 3.46. The summed E-state index contributed by atoms with van der Waals surface area (Å²) in [4.78, 5) is 1.96. The largest absolute Gasteiger partial charge is 0.357 e. The van der Waals surface area contributed by atoms with E-state index < -0.39 is 15.2 Å². The third-order valence-electron chi connectivity index (χ3n) is 2.64. The van der Waals surface area contributed by atoms with Gasteiger partial charge in [0.05, 0.1) is 22.9 Å². The Hall–Kier alpha value is -0.0700. The van der Waals surface area contributed by atoms with Crippen LogP contribution in [0.4, 0.5) is 0 Å². The molecule has 1 N–H and O–H groups in total. The summed E-state index contributed by atoms with van der Waals surface area (Å²) >= 11 is 11.2. The van der Waals surface area contributed by atoms with Gasteiger partial charge in [-0.2, -0.15) is 0 Å². The minimum Gasteiger partial charge on any atom is -0.357 e. The van der Waals surface area contributed by atoms with E-state index in [-0.39, 0.29) is 17.5 Å². The molecule has 0 aromatic heterocycles. The summed E-state index contributed by atoms with van der Waals surface area (Å²) in [5, 5.41) is 3.22. The van der Waals surface area contributed by atoms with E-state index in [1.165, 1.54) is 0 Å². The van der Waals surface area contributed by atoms with Crippen molar-refractivity contribution in [1.29, 1.82) is 0 Å². The van der Waals surface area contributed by atoms with Crippen LogP contribution in [-0.2, 0) is 9.84 Å². The van der Waals surface area contributed by atoms with E-state index in [9.17, 15) is 8.42 Å². The summed E-state index contributed by atoms with van der Waals surface area (Å²) in [6, 6.07) is -0.264. The van der Waals surface area contributed by atoms with Crippen molar-refractivity contribution in [2.75, 3.05) is 24.6 Å². The third-order valence-corrected chi connectivity index (χ3v) is 5.39. The summed E-state index contributed by atoms with van der Waals surface area (Å²) in [7, 11) is -3.00. The first kappa shape index (κ1) is 14.0. The Kier molecular flexibility index (Phi) is 4.82. The summed E-state index contributed by atoms with van der Waals surface area (Å²) < 4.78 is 22.7. The van der Waals surface area contributed by atoms with Gasteiger partial charge in [-0.15, -0.1) is 11.6 Å². The molecule has 0 amide bonds. The predicted octanol–water partition coefficient (Wildman–Crippen LogP) is 0.607. The van der Waals surface area contributed by atoms with Crippen LogP contribution in [-0.4, -0.2) is 54.4 Å². The van der Waals surface area contributed by atoms with Gasteiger partial charge < -0.3 is 10.2 Å². The van der Waals surface area contributed by atoms with Crippen LogP contribution in [0, 0.1) is 0 Å². The van der Waals surface area contributed by atoms with E-state index >= 15 is 0 Å². The highest BCUT2D eigenvalue weighted by Gasteiger charge is 2.37. The lowest BCUT2D eigenvalue weighted by Gasteiger charge is -2.25. The highest BCUT2D eigenvalue weighted by molar-refractivity contribution is 7.91. The van der Waals surface area contributed by atoms with Crippen molar-refractivity contribution in [1.82, 2.24) is 10.2 Å². The Labute approximate surface area is 107 Å². The topological polar surface area (TPSA) is 49.4 Å². The quantitative estimate of drug-likeness (QED) is 0.608. The first-order valence-electron chi connectivity index (χ1n) is 5.29. The van der Waals surface area contributed by atoms with Crippen LogP contribution in [0.2, 0.25) is 0 Å². The Morgan fingerprint density at radius 1 is 1.44 bits per heavy atom. The molecule has 4 nitrogen and oxygen atoms in total. The van der Waals surface area contributed by atoms with Gasteiger partial charge in [-0.25, -0.2) is 8.42 Å². The summed E-state index contributed by atoms with van der Waals surface area (Å²) in [6.07, 6.45) is 0. The molecule has 0 unspecified atom stereocenters. The number of sulfone groups is 1. The molecule has 1 heterocycles. The molecule has 94 valence electrons. The van der Waals surface area contributed by atoms with Gasteiger partial charge in [0.25, 0.3) is 0 Å². The molecule has 1 fully saturated rings. The minimum atomic E-state index is -3.00. The molecule has 1 saturated heterocycles. The highest BCUT2D eigenvalue weighted by atomic mass is 35.5. The zero-order valence-corrected chi connectivity index (χ0v) is 11.8. The van der Waals surface area contributed by atoms with Gasteiger partial charge in [0.2, 0.25) is 0 Å². The van der Waals surface area contributed by atoms with Crippen LogP contribution in [0.5, 0.6) is 0 Å². The molecule has 2 atom stereocenters.